The first-order valence-electron chi connectivity index (χ1n) is 20.3. The van der Waals surface area contributed by atoms with E-state index in [0.29, 0.717) is 60.7 Å². The lowest BCUT2D eigenvalue weighted by molar-refractivity contribution is -0.200. The summed E-state index contributed by atoms with van der Waals surface area (Å²) in [4.78, 5) is 67.9. The van der Waals surface area contributed by atoms with Crippen LogP contribution in [0.3, 0.4) is 0 Å². The number of halogens is 3. The van der Waals surface area contributed by atoms with Crippen molar-refractivity contribution >= 4 is 45.2 Å². The number of ether oxygens (including phenoxy) is 2. The maximum Gasteiger partial charge on any atom is 0.412 e. The summed E-state index contributed by atoms with van der Waals surface area (Å²) in [6, 6.07) is -4.47. The Morgan fingerprint density at radius 2 is 1.92 bits per heavy atom. The molecule has 3 N–H and O–H groups in total. The molecule has 0 spiro atoms. The van der Waals surface area contributed by atoms with Gasteiger partial charge in [-0.05, 0) is 83.1 Å². The molecule has 5 heterocycles. The SMILES string of the molecule is Cc1cnc(-c2cc(O[C@@H]3C[C@H]4C(=O)N[C@]5(C(=O)NS(=O)(=O)C6(C)CC6)C[C@H]5/C=C\CC[C@@H](C)C[C@@H](C)[C@H](N(C(=O)O)C5CCCOC5)C(=O)N4C3C(F)(F)F)ccn2)s1. The number of hydrogen-bond acceptors (Lipinski definition) is 11. The van der Waals surface area contributed by atoms with Crippen molar-refractivity contribution in [3.05, 3.63) is 41.6 Å². The molecule has 0 radical (unpaired) electrons. The van der Waals surface area contributed by atoms with Gasteiger partial charge in [-0.25, -0.2) is 18.2 Å². The zero-order valence-corrected chi connectivity index (χ0v) is 35.4. The molecule has 2 aliphatic carbocycles. The third-order valence-electron chi connectivity index (χ3n) is 12.6. The standard InChI is InChI=1S/C40H51F3N6O9S2/c1-22-8-5-6-9-25-19-39(25,36(52)47-60(55,56)38(4)12-13-38)46-33(50)29-18-30(58-27-11-14-44-28(17-27)34-45-20-24(3)59-34)32(40(41,42)43)49(29)35(51)31(23(2)16-22)48(37(53)54)26-10-7-15-57-21-26/h6,9,11,14,17,20,22-23,25-26,29-32H,5,7-8,10,12-13,15-16,18-19,21H2,1-4H3,(H,46,50)(H,47,52)(H,53,54)/b9-6-/t22-,23-,25-,26?,29+,30-,31+,32?,39-/m1/s1. The number of allylic oxidation sites excluding steroid dienone is 1. The van der Waals surface area contributed by atoms with Crippen LogP contribution >= 0.6 is 11.3 Å². The highest BCUT2D eigenvalue weighted by molar-refractivity contribution is 7.91. The number of fused-ring (bicyclic) bond motifs is 2. The van der Waals surface area contributed by atoms with Crippen molar-refractivity contribution in [2.45, 2.75) is 132 Å². The van der Waals surface area contributed by atoms with Crippen LogP contribution < -0.4 is 14.8 Å². The molecule has 2 aromatic heterocycles. The topological polar surface area (TPSA) is 197 Å². The Kier molecular flexibility index (Phi) is 12.1. The first-order chi connectivity index (χ1) is 28.2. The Bertz CT molecular complexity index is 2120. The first kappa shape index (κ1) is 43.8. The Balaban J connectivity index is 1.32. The fraction of sp³-hybridized carbons (Fsp3) is 0.650. The molecule has 5 aliphatic rings. The van der Waals surface area contributed by atoms with Crippen molar-refractivity contribution in [3.8, 4) is 16.5 Å². The summed E-state index contributed by atoms with van der Waals surface area (Å²) >= 11 is 1.31. The Morgan fingerprint density at radius 3 is 2.55 bits per heavy atom. The summed E-state index contributed by atoms with van der Waals surface area (Å²) in [6.07, 6.45) is -0.218. The van der Waals surface area contributed by atoms with Gasteiger partial charge in [0.05, 0.1) is 17.4 Å². The number of thiazole rings is 1. The minimum Gasteiger partial charge on any atom is -0.488 e. The van der Waals surface area contributed by atoms with Crippen LogP contribution in [0, 0.1) is 24.7 Å². The van der Waals surface area contributed by atoms with E-state index in [4.69, 9.17) is 9.47 Å². The van der Waals surface area contributed by atoms with Crippen LogP contribution in [0.1, 0.15) is 83.4 Å². The van der Waals surface area contributed by atoms with Crippen LogP contribution in [0.2, 0.25) is 0 Å². The van der Waals surface area contributed by atoms with Gasteiger partial charge in [0.25, 0.3) is 5.91 Å². The van der Waals surface area contributed by atoms with E-state index in [2.05, 4.69) is 20.0 Å². The lowest BCUT2D eigenvalue weighted by atomic mass is 9.86. The quantitative estimate of drug-likeness (QED) is 0.295. The van der Waals surface area contributed by atoms with Gasteiger partial charge in [0, 0.05) is 42.3 Å². The van der Waals surface area contributed by atoms with Gasteiger partial charge in [-0.15, -0.1) is 11.3 Å². The molecule has 2 saturated carbocycles. The summed E-state index contributed by atoms with van der Waals surface area (Å²) in [6.45, 7) is 7.12. The predicted octanol–water partition coefficient (Wildman–Crippen LogP) is 5.21. The van der Waals surface area contributed by atoms with Crippen LogP contribution in [0.15, 0.2) is 36.7 Å². The number of sulfonamides is 1. The lowest BCUT2D eigenvalue weighted by Gasteiger charge is -2.43. The van der Waals surface area contributed by atoms with Crippen LogP contribution in [-0.2, 0) is 29.1 Å². The van der Waals surface area contributed by atoms with Crippen molar-refractivity contribution in [2.75, 3.05) is 13.2 Å². The van der Waals surface area contributed by atoms with Gasteiger partial charge in [0.1, 0.15) is 40.2 Å². The van der Waals surface area contributed by atoms with Gasteiger partial charge in [0.2, 0.25) is 21.8 Å². The molecular formula is C40H51F3N6O9S2. The Hall–Kier alpha value is -4.30. The zero-order valence-electron chi connectivity index (χ0n) is 33.8. The smallest absolute Gasteiger partial charge is 0.412 e. The fourth-order valence-electron chi connectivity index (χ4n) is 8.91. The van der Waals surface area contributed by atoms with E-state index in [9.17, 15) is 27.9 Å². The Morgan fingerprint density at radius 1 is 1.17 bits per heavy atom. The van der Waals surface area contributed by atoms with Crippen LogP contribution in [0.25, 0.3) is 10.7 Å². The van der Waals surface area contributed by atoms with Crippen LogP contribution in [0.5, 0.6) is 5.75 Å². The van der Waals surface area contributed by atoms with Crippen LogP contribution in [0.4, 0.5) is 18.0 Å². The molecule has 0 bridgehead atoms. The number of hydrogen-bond donors (Lipinski definition) is 3. The second kappa shape index (κ2) is 16.5. The highest BCUT2D eigenvalue weighted by Crippen LogP contribution is 2.48. The molecule has 20 heteroatoms. The summed E-state index contributed by atoms with van der Waals surface area (Å²) < 4.78 is 86.3. The maximum absolute atomic E-state index is 15.7. The molecule has 4 amide bonds. The minimum absolute atomic E-state index is 0.0453. The molecule has 328 valence electrons. The van der Waals surface area contributed by atoms with E-state index < -0.39 is 98.8 Å². The van der Waals surface area contributed by atoms with Gasteiger partial charge < -0.3 is 24.8 Å². The normalized spacial score (nSPS) is 32.6. The molecule has 9 atom stereocenters. The highest BCUT2D eigenvalue weighted by Gasteiger charge is 2.66. The van der Waals surface area contributed by atoms with E-state index in [1.807, 2.05) is 19.9 Å². The van der Waals surface area contributed by atoms with E-state index in [0.717, 1.165) is 9.78 Å². The predicted molar refractivity (Wildman–Crippen MR) is 212 cm³/mol. The van der Waals surface area contributed by atoms with Crippen molar-refractivity contribution in [2.24, 2.45) is 17.8 Å². The number of aromatic nitrogens is 2. The summed E-state index contributed by atoms with van der Waals surface area (Å²) in [5.41, 5.74) is -1.54. The van der Waals surface area contributed by atoms with Crippen molar-refractivity contribution in [1.82, 2.24) is 29.8 Å². The number of aryl methyl sites for hydroxylation is 1. The maximum atomic E-state index is 15.7. The van der Waals surface area contributed by atoms with E-state index >= 15 is 18.0 Å². The molecular weight excluding hydrogens is 830 g/mol. The molecule has 2 unspecified atom stereocenters. The summed E-state index contributed by atoms with van der Waals surface area (Å²) in [5.74, 6) is -5.12. The average molecular weight is 881 g/mol. The molecule has 7 rings (SSSR count). The first-order valence-corrected chi connectivity index (χ1v) is 22.6. The Labute approximate surface area is 350 Å². The molecule has 4 fully saturated rings. The second-order valence-corrected chi connectivity index (χ2v) is 20.7. The number of carbonyl (C=O) groups is 4. The average Bonchev–Trinajstić information content (AvgIpc) is 3.99. The number of pyridine rings is 1. The number of alkyl halides is 3. The van der Waals surface area contributed by atoms with Crippen LogP contribution in [-0.4, -0.2) is 117 Å². The van der Waals surface area contributed by atoms with Gasteiger partial charge in [-0.3, -0.25) is 29.0 Å². The number of carbonyl (C=O) groups excluding carboxylic acids is 3. The number of rotatable bonds is 8. The molecule has 3 aliphatic heterocycles. The number of nitrogens with zero attached hydrogens (tertiary/aromatic N) is 4. The number of nitrogens with one attached hydrogen (secondary N) is 2. The molecule has 2 aromatic rings. The molecule has 60 heavy (non-hydrogen) atoms. The third kappa shape index (κ3) is 8.73. The fourth-order valence-corrected chi connectivity index (χ4v) is 11.0. The van der Waals surface area contributed by atoms with Gasteiger partial charge in [0.15, 0.2) is 6.04 Å². The van der Waals surface area contributed by atoms with Gasteiger partial charge in [-0.1, -0.05) is 26.0 Å². The van der Waals surface area contributed by atoms with Crippen molar-refractivity contribution in [1.29, 1.82) is 0 Å². The monoisotopic (exact) mass is 880 g/mol. The lowest BCUT2D eigenvalue weighted by Crippen LogP contribution is -2.64. The van der Waals surface area contributed by atoms with E-state index in [-0.39, 0.29) is 31.1 Å². The van der Waals surface area contributed by atoms with E-state index in [1.165, 1.54) is 36.6 Å². The highest BCUT2D eigenvalue weighted by atomic mass is 32.2. The van der Waals surface area contributed by atoms with Gasteiger partial charge in [-0.2, -0.15) is 13.2 Å². The van der Waals surface area contributed by atoms with E-state index in [1.54, 1.807) is 19.2 Å². The van der Waals surface area contributed by atoms with Crippen molar-refractivity contribution < 1.29 is 55.3 Å². The van der Waals surface area contributed by atoms with Gasteiger partial charge >= 0.3 is 12.3 Å². The summed E-state index contributed by atoms with van der Waals surface area (Å²) in [5, 5.41) is 13.8. The molecule has 2 saturated heterocycles. The third-order valence-corrected chi connectivity index (χ3v) is 15.7. The second-order valence-electron chi connectivity index (χ2n) is 17.3. The zero-order chi connectivity index (χ0) is 43.4. The number of carboxylic acid groups (broad SMARTS) is 1. The number of amides is 4. The largest absolute Gasteiger partial charge is 0.488 e. The molecule has 15 nitrogen and oxygen atoms in total. The summed E-state index contributed by atoms with van der Waals surface area (Å²) in [7, 11) is -4.19. The minimum atomic E-state index is -5.21. The molecule has 0 aromatic carbocycles. The van der Waals surface area contributed by atoms with Crippen molar-refractivity contribution in [3.63, 3.8) is 0 Å².